The first-order chi connectivity index (χ1) is 10.7. The predicted molar refractivity (Wildman–Crippen MR) is 107 cm³/mol. The van der Waals surface area contributed by atoms with Gasteiger partial charge in [-0.3, -0.25) is 0 Å². The van der Waals surface area contributed by atoms with Crippen LogP contribution in [0.1, 0.15) is 107 Å². The highest BCUT2D eigenvalue weighted by atomic mass is 15.1. The maximum atomic E-state index is 2.53. The van der Waals surface area contributed by atoms with Gasteiger partial charge < -0.3 is 4.90 Å². The van der Waals surface area contributed by atoms with Crippen molar-refractivity contribution in [3.8, 4) is 0 Å². The molecule has 0 fully saturated rings. The van der Waals surface area contributed by atoms with E-state index in [4.69, 9.17) is 0 Å². The predicted octanol–water partition coefficient (Wildman–Crippen LogP) is 7.15. The Morgan fingerprint density at radius 2 is 1.35 bits per heavy atom. The van der Waals surface area contributed by atoms with Gasteiger partial charge in [0.15, 0.2) is 0 Å². The third-order valence-electron chi connectivity index (χ3n) is 6.86. The first kappa shape index (κ1) is 23.0. The van der Waals surface area contributed by atoms with Crippen LogP contribution in [0.25, 0.3) is 0 Å². The molecule has 0 saturated carbocycles. The Hall–Kier alpha value is -0.0400. The maximum absolute atomic E-state index is 2.53. The van der Waals surface area contributed by atoms with E-state index in [1.165, 1.54) is 51.4 Å². The Morgan fingerprint density at radius 1 is 0.783 bits per heavy atom. The van der Waals surface area contributed by atoms with Gasteiger partial charge in [0.05, 0.1) is 0 Å². The summed E-state index contributed by atoms with van der Waals surface area (Å²) >= 11 is 0. The van der Waals surface area contributed by atoms with Crippen molar-refractivity contribution in [2.75, 3.05) is 7.05 Å². The molecule has 0 aromatic carbocycles. The summed E-state index contributed by atoms with van der Waals surface area (Å²) in [6, 6.07) is 1.36. The van der Waals surface area contributed by atoms with Gasteiger partial charge in [0.2, 0.25) is 0 Å². The van der Waals surface area contributed by atoms with Gasteiger partial charge >= 0.3 is 0 Å². The average Bonchev–Trinajstić information content (AvgIpc) is 2.53. The summed E-state index contributed by atoms with van der Waals surface area (Å²) in [6.07, 6.45) is 11.1. The second kappa shape index (κ2) is 11.5. The molecule has 2 atom stereocenters. The monoisotopic (exact) mass is 325 g/mol. The number of hydrogen-bond acceptors (Lipinski definition) is 1. The molecular weight excluding hydrogens is 278 g/mol. The van der Waals surface area contributed by atoms with Gasteiger partial charge in [-0.15, -0.1) is 0 Å². The zero-order valence-electron chi connectivity index (χ0n) is 17.9. The van der Waals surface area contributed by atoms with E-state index in [1.54, 1.807) is 0 Å². The summed E-state index contributed by atoms with van der Waals surface area (Å²) in [7, 11) is 2.28. The normalized spacial score (nSPS) is 15.7. The molecular formula is C22H47N. The van der Waals surface area contributed by atoms with Gasteiger partial charge in [-0.25, -0.2) is 0 Å². The largest absolute Gasteiger partial charge is 0.301 e. The SMILES string of the molecule is CCC(CC)(CCCCC(C)C(C)C)CCC(C)N(C)C(C)C. The fourth-order valence-corrected chi connectivity index (χ4v) is 3.61. The molecule has 0 aliphatic carbocycles. The smallest absolute Gasteiger partial charge is 0.00667 e. The van der Waals surface area contributed by atoms with E-state index in [-0.39, 0.29) is 0 Å². The van der Waals surface area contributed by atoms with Crippen molar-refractivity contribution < 1.29 is 0 Å². The zero-order chi connectivity index (χ0) is 18.0. The van der Waals surface area contributed by atoms with E-state index in [2.05, 4.69) is 67.3 Å². The van der Waals surface area contributed by atoms with Crippen LogP contribution in [-0.4, -0.2) is 24.0 Å². The molecule has 2 unspecified atom stereocenters. The Balaban J connectivity index is 4.34. The molecule has 0 aliphatic rings. The van der Waals surface area contributed by atoms with Crippen LogP contribution >= 0.6 is 0 Å². The van der Waals surface area contributed by atoms with Crippen molar-refractivity contribution in [1.82, 2.24) is 4.90 Å². The first-order valence-electron chi connectivity index (χ1n) is 10.4. The molecule has 140 valence electrons. The summed E-state index contributed by atoms with van der Waals surface area (Å²) in [5, 5.41) is 0. The summed E-state index contributed by atoms with van der Waals surface area (Å²) in [5.74, 6) is 1.72. The van der Waals surface area contributed by atoms with Crippen molar-refractivity contribution in [1.29, 1.82) is 0 Å². The van der Waals surface area contributed by atoms with Crippen LogP contribution < -0.4 is 0 Å². The highest BCUT2D eigenvalue weighted by Gasteiger charge is 2.27. The van der Waals surface area contributed by atoms with E-state index in [1.807, 2.05) is 0 Å². The molecule has 0 amide bonds. The van der Waals surface area contributed by atoms with Gasteiger partial charge in [-0.05, 0) is 64.3 Å². The highest BCUT2D eigenvalue weighted by Crippen LogP contribution is 2.38. The molecule has 0 heterocycles. The minimum Gasteiger partial charge on any atom is -0.301 e. The molecule has 0 rings (SSSR count). The molecule has 0 aromatic heterocycles. The second-order valence-corrected chi connectivity index (χ2v) is 8.82. The first-order valence-corrected chi connectivity index (χ1v) is 10.4. The molecule has 0 spiro atoms. The molecule has 1 nitrogen and oxygen atoms in total. The van der Waals surface area contributed by atoms with Gasteiger partial charge in [-0.1, -0.05) is 66.7 Å². The minimum atomic E-state index is 0.590. The van der Waals surface area contributed by atoms with E-state index in [0.717, 1.165) is 11.8 Å². The summed E-state index contributed by atoms with van der Waals surface area (Å²) in [6.45, 7) is 19.0. The quantitative estimate of drug-likeness (QED) is 0.325. The lowest BCUT2D eigenvalue weighted by atomic mass is 9.73. The molecule has 1 heteroatoms. The lowest BCUT2D eigenvalue weighted by Crippen LogP contribution is -2.36. The lowest BCUT2D eigenvalue weighted by Gasteiger charge is -2.36. The van der Waals surface area contributed by atoms with Crippen molar-refractivity contribution >= 4 is 0 Å². The minimum absolute atomic E-state index is 0.590. The molecule has 0 radical (unpaired) electrons. The molecule has 0 bridgehead atoms. The Bertz CT molecular complexity index is 278. The van der Waals surface area contributed by atoms with Crippen LogP contribution in [0.5, 0.6) is 0 Å². The summed E-state index contributed by atoms with van der Waals surface area (Å²) in [4.78, 5) is 2.53. The highest BCUT2D eigenvalue weighted by molar-refractivity contribution is 4.80. The molecule has 0 saturated heterocycles. The van der Waals surface area contributed by atoms with Gasteiger partial charge in [0.25, 0.3) is 0 Å². The molecule has 0 aliphatic heterocycles. The number of hydrogen-bond donors (Lipinski definition) is 0. The average molecular weight is 326 g/mol. The Labute approximate surface area is 148 Å². The van der Waals surface area contributed by atoms with Crippen LogP contribution in [-0.2, 0) is 0 Å². The van der Waals surface area contributed by atoms with E-state index >= 15 is 0 Å². The van der Waals surface area contributed by atoms with E-state index < -0.39 is 0 Å². The standard InChI is InChI=1S/C22H47N/c1-10-22(11-2,16-13-12-14-20(7)18(3)4)17-15-21(8)23(9)19(5)6/h18-21H,10-17H2,1-9H3. The topological polar surface area (TPSA) is 3.24 Å². The van der Waals surface area contributed by atoms with Crippen LogP contribution in [0, 0.1) is 17.3 Å². The van der Waals surface area contributed by atoms with Gasteiger partial charge in [0.1, 0.15) is 0 Å². The van der Waals surface area contributed by atoms with Gasteiger partial charge in [0, 0.05) is 12.1 Å². The third-order valence-corrected chi connectivity index (χ3v) is 6.86. The van der Waals surface area contributed by atoms with E-state index in [9.17, 15) is 0 Å². The molecule has 0 aromatic rings. The number of nitrogens with zero attached hydrogens (tertiary/aromatic N) is 1. The zero-order valence-corrected chi connectivity index (χ0v) is 17.9. The number of rotatable bonds is 13. The van der Waals surface area contributed by atoms with Crippen LogP contribution in [0.2, 0.25) is 0 Å². The van der Waals surface area contributed by atoms with Crippen LogP contribution in [0.3, 0.4) is 0 Å². The summed E-state index contributed by atoms with van der Waals surface area (Å²) in [5.41, 5.74) is 0.590. The molecule has 23 heavy (non-hydrogen) atoms. The third kappa shape index (κ3) is 8.57. The maximum Gasteiger partial charge on any atom is 0.00667 e. The second-order valence-electron chi connectivity index (χ2n) is 8.82. The van der Waals surface area contributed by atoms with E-state index in [0.29, 0.717) is 17.5 Å². The fourth-order valence-electron chi connectivity index (χ4n) is 3.61. The van der Waals surface area contributed by atoms with Crippen molar-refractivity contribution in [2.24, 2.45) is 17.3 Å². The Kier molecular flexibility index (Phi) is 11.5. The Morgan fingerprint density at radius 3 is 1.78 bits per heavy atom. The lowest BCUT2D eigenvalue weighted by molar-refractivity contribution is 0.148. The molecule has 0 N–H and O–H groups in total. The van der Waals surface area contributed by atoms with Gasteiger partial charge in [-0.2, -0.15) is 0 Å². The van der Waals surface area contributed by atoms with Crippen molar-refractivity contribution in [3.05, 3.63) is 0 Å². The van der Waals surface area contributed by atoms with Crippen LogP contribution in [0.15, 0.2) is 0 Å². The van der Waals surface area contributed by atoms with Crippen molar-refractivity contribution in [3.63, 3.8) is 0 Å². The fraction of sp³-hybridized carbons (Fsp3) is 1.00. The van der Waals surface area contributed by atoms with Crippen molar-refractivity contribution in [2.45, 2.75) is 119 Å². The summed E-state index contributed by atoms with van der Waals surface area (Å²) < 4.78 is 0. The number of unbranched alkanes of at least 4 members (excludes halogenated alkanes) is 1. The van der Waals surface area contributed by atoms with Crippen LogP contribution in [0.4, 0.5) is 0 Å².